The summed E-state index contributed by atoms with van der Waals surface area (Å²) in [4.78, 5) is 4.53. The molecule has 1 aromatic carbocycles. The molecule has 0 spiro atoms. The molecule has 0 amide bonds. The Morgan fingerprint density at radius 1 is 1.47 bits per heavy atom. The van der Waals surface area contributed by atoms with E-state index in [-0.39, 0.29) is 0 Å². The number of benzene rings is 1. The summed E-state index contributed by atoms with van der Waals surface area (Å²) in [6.45, 7) is 0.382. The van der Waals surface area contributed by atoms with Crippen molar-refractivity contribution in [2.75, 3.05) is 6.26 Å². The lowest BCUT2D eigenvalue weighted by atomic mass is 10.3. The number of nitrogens with two attached hydrogens (primary N) is 1. The number of sulfone groups is 1. The fraction of sp³-hybridized carbons (Fsp3) is 0.222. The lowest BCUT2D eigenvalue weighted by Crippen LogP contribution is -1.96. The van der Waals surface area contributed by atoms with Gasteiger partial charge >= 0.3 is 0 Å². The molecule has 0 aliphatic rings. The van der Waals surface area contributed by atoms with Crippen molar-refractivity contribution in [3.05, 3.63) is 23.2 Å². The topological polar surface area (TPSA) is 73.0 Å². The fourth-order valence-corrected chi connectivity index (χ4v) is 2.74. The van der Waals surface area contributed by atoms with E-state index in [1.165, 1.54) is 17.6 Å². The Labute approximate surface area is 91.7 Å². The second-order valence-electron chi connectivity index (χ2n) is 3.21. The molecule has 0 atom stereocenters. The van der Waals surface area contributed by atoms with Crippen molar-refractivity contribution in [1.29, 1.82) is 0 Å². The molecular weight excluding hydrogens is 232 g/mol. The van der Waals surface area contributed by atoms with Gasteiger partial charge in [0.1, 0.15) is 5.01 Å². The molecule has 0 unspecified atom stereocenters. The monoisotopic (exact) mass is 242 g/mol. The van der Waals surface area contributed by atoms with Gasteiger partial charge in [0.25, 0.3) is 0 Å². The molecule has 0 aliphatic carbocycles. The number of aromatic nitrogens is 1. The molecule has 2 aromatic rings. The SMILES string of the molecule is CS(=O)(=O)c1ccc2sc(CN)nc2c1. The summed E-state index contributed by atoms with van der Waals surface area (Å²) >= 11 is 1.49. The molecule has 15 heavy (non-hydrogen) atoms. The zero-order chi connectivity index (χ0) is 11.1. The largest absolute Gasteiger partial charge is 0.325 e. The quantitative estimate of drug-likeness (QED) is 0.857. The van der Waals surface area contributed by atoms with Crippen LogP contribution in [0.15, 0.2) is 23.1 Å². The van der Waals surface area contributed by atoms with Crippen LogP contribution >= 0.6 is 11.3 Å². The number of fused-ring (bicyclic) bond motifs is 1. The number of thiazole rings is 1. The first-order valence-electron chi connectivity index (χ1n) is 4.30. The van der Waals surface area contributed by atoms with Crippen LogP contribution < -0.4 is 5.73 Å². The molecule has 80 valence electrons. The molecule has 0 saturated heterocycles. The van der Waals surface area contributed by atoms with Crippen molar-refractivity contribution >= 4 is 31.4 Å². The van der Waals surface area contributed by atoms with Crippen LogP contribution in [0.1, 0.15) is 5.01 Å². The molecular formula is C9H10N2O2S2. The van der Waals surface area contributed by atoms with Crippen molar-refractivity contribution in [2.24, 2.45) is 5.73 Å². The highest BCUT2D eigenvalue weighted by Gasteiger charge is 2.09. The van der Waals surface area contributed by atoms with Crippen LogP contribution in [0.5, 0.6) is 0 Å². The summed E-state index contributed by atoms with van der Waals surface area (Å²) in [5.74, 6) is 0. The summed E-state index contributed by atoms with van der Waals surface area (Å²) in [5, 5.41) is 0.815. The maximum absolute atomic E-state index is 11.3. The lowest BCUT2D eigenvalue weighted by molar-refractivity contribution is 0.602. The van der Waals surface area contributed by atoms with E-state index in [9.17, 15) is 8.42 Å². The van der Waals surface area contributed by atoms with Crippen LogP contribution in [0.25, 0.3) is 10.2 Å². The highest BCUT2D eigenvalue weighted by molar-refractivity contribution is 7.90. The first kappa shape index (κ1) is 10.5. The summed E-state index contributed by atoms with van der Waals surface area (Å²) in [6.07, 6.45) is 1.18. The van der Waals surface area contributed by atoms with Crippen molar-refractivity contribution in [3.63, 3.8) is 0 Å². The summed E-state index contributed by atoms with van der Waals surface area (Å²) < 4.78 is 23.6. The molecule has 0 bridgehead atoms. The Balaban J connectivity index is 2.66. The first-order chi connectivity index (χ1) is 7.00. The highest BCUT2D eigenvalue weighted by atomic mass is 32.2. The van der Waals surface area contributed by atoms with Gasteiger partial charge in [-0.3, -0.25) is 0 Å². The minimum atomic E-state index is -3.16. The van der Waals surface area contributed by atoms with E-state index < -0.39 is 9.84 Å². The van der Waals surface area contributed by atoms with E-state index in [4.69, 9.17) is 5.73 Å². The standard InChI is InChI=1S/C9H10N2O2S2/c1-15(12,13)6-2-3-8-7(4-6)11-9(5-10)14-8/h2-4H,5,10H2,1H3. The van der Waals surface area contributed by atoms with Crippen LogP contribution in [-0.2, 0) is 16.4 Å². The number of rotatable bonds is 2. The predicted molar refractivity (Wildman–Crippen MR) is 60.6 cm³/mol. The first-order valence-corrected chi connectivity index (χ1v) is 7.01. The van der Waals surface area contributed by atoms with E-state index in [2.05, 4.69) is 4.98 Å². The van der Waals surface area contributed by atoms with Crippen LogP contribution in [0.4, 0.5) is 0 Å². The number of nitrogens with zero attached hydrogens (tertiary/aromatic N) is 1. The number of hydrogen-bond donors (Lipinski definition) is 1. The Morgan fingerprint density at radius 2 is 2.20 bits per heavy atom. The third-order valence-electron chi connectivity index (χ3n) is 2.01. The minimum Gasteiger partial charge on any atom is -0.325 e. The molecule has 4 nitrogen and oxygen atoms in total. The van der Waals surface area contributed by atoms with Crippen molar-refractivity contribution in [1.82, 2.24) is 4.98 Å². The third kappa shape index (κ3) is 2.01. The molecule has 1 heterocycles. The Morgan fingerprint density at radius 3 is 2.80 bits per heavy atom. The average molecular weight is 242 g/mol. The van der Waals surface area contributed by atoms with Gasteiger partial charge in [0.2, 0.25) is 0 Å². The van der Waals surface area contributed by atoms with Crippen LogP contribution in [0, 0.1) is 0 Å². The highest BCUT2D eigenvalue weighted by Crippen LogP contribution is 2.24. The van der Waals surface area contributed by atoms with Gasteiger partial charge in [0, 0.05) is 12.8 Å². The van der Waals surface area contributed by atoms with Gasteiger partial charge in [-0.2, -0.15) is 0 Å². The van der Waals surface area contributed by atoms with Crippen LogP contribution in [0.3, 0.4) is 0 Å². The second-order valence-corrected chi connectivity index (χ2v) is 6.34. The normalized spacial score (nSPS) is 12.1. The molecule has 2 N–H and O–H groups in total. The Bertz CT molecular complexity index is 602. The smallest absolute Gasteiger partial charge is 0.175 e. The maximum Gasteiger partial charge on any atom is 0.175 e. The van der Waals surface area contributed by atoms with Crippen molar-refractivity contribution in [3.8, 4) is 0 Å². The van der Waals surface area contributed by atoms with E-state index in [0.29, 0.717) is 17.0 Å². The fourth-order valence-electron chi connectivity index (χ4n) is 1.27. The van der Waals surface area contributed by atoms with Crippen LogP contribution in [0.2, 0.25) is 0 Å². The summed E-state index contributed by atoms with van der Waals surface area (Å²) in [5.41, 5.74) is 6.16. The molecule has 1 aromatic heterocycles. The minimum absolute atomic E-state index is 0.295. The van der Waals surface area contributed by atoms with Crippen LogP contribution in [-0.4, -0.2) is 19.7 Å². The van der Waals surface area contributed by atoms with Gasteiger partial charge in [-0.1, -0.05) is 0 Å². The summed E-state index contributed by atoms with van der Waals surface area (Å²) in [7, 11) is -3.16. The maximum atomic E-state index is 11.3. The van der Waals surface area contributed by atoms with E-state index in [1.807, 2.05) is 0 Å². The third-order valence-corrected chi connectivity index (χ3v) is 4.18. The average Bonchev–Trinajstić information content (AvgIpc) is 2.57. The van der Waals surface area contributed by atoms with E-state index >= 15 is 0 Å². The molecule has 0 aliphatic heterocycles. The molecule has 2 rings (SSSR count). The zero-order valence-corrected chi connectivity index (χ0v) is 9.73. The lowest BCUT2D eigenvalue weighted by Gasteiger charge is -1.96. The van der Waals surface area contributed by atoms with Gasteiger partial charge < -0.3 is 5.73 Å². The van der Waals surface area contributed by atoms with Gasteiger partial charge in [-0.05, 0) is 18.2 Å². The molecule has 0 fully saturated rings. The Kier molecular flexibility index (Phi) is 2.49. The van der Waals surface area contributed by atoms with Gasteiger partial charge in [-0.25, -0.2) is 13.4 Å². The van der Waals surface area contributed by atoms with Gasteiger partial charge in [0.15, 0.2) is 9.84 Å². The molecule has 0 radical (unpaired) electrons. The molecule has 6 heteroatoms. The predicted octanol–water partition coefficient (Wildman–Crippen LogP) is 1.16. The zero-order valence-electron chi connectivity index (χ0n) is 8.10. The van der Waals surface area contributed by atoms with Gasteiger partial charge in [0.05, 0.1) is 15.1 Å². The second kappa shape index (κ2) is 3.55. The molecule has 0 saturated carbocycles. The summed E-state index contributed by atoms with van der Waals surface area (Å²) in [6, 6.07) is 4.94. The van der Waals surface area contributed by atoms with Gasteiger partial charge in [-0.15, -0.1) is 11.3 Å². The Hall–Kier alpha value is -0.980. The van der Waals surface area contributed by atoms with E-state index in [1.54, 1.807) is 18.2 Å². The van der Waals surface area contributed by atoms with Crippen molar-refractivity contribution in [2.45, 2.75) is 11.4 Å². The van der Waals surface area contributed by atoms with Crippen molar-refractivity contribution < 1.29 is 8.42 Å². The van der Waals surface area contributed by atoms with E-state index in [0.717, 1.165) is 9.71 Å². The number of hydrogen-bond acceptors (Lipinski definition) is 5.